The molecule has 0 amide bonds. The van der Waals surface area contributed by atoms with Gasteiger partial charge in [0.1, 0.15) is 5.75 Å². The van der Waals surface area contributed by atoms with Gasteiger partial charge in [-0.2, -0.15) is 0 Å². The SMILES string of the molecule is CCCCCCCCCCCCCCCc1ccc(Nc2ccc(O)cc2)cc1. The zero-order chi connectivity index (χ0) is 20.6. The smallest absolute Gasteiger partial charge is 0.115 e. The van der Waals surface area contributed by atoms with Gasteiger partial charge in [-0.3, -0.25) is 0 Å². The van der Waals surface area contributed by atoms with Crippen molar-refractivity contribution in [2.75, 3.05) is 5.32 Å². The first kappa shape index (κ1) is 23.3. The molecular weight excluding hydrogens is 354 g/mol. The molecule has 0 radical (unpaired) electrons. The summed E-state index contributed by atoms with van der Waals surface area (Å²) in [6.07, 6.45) is 19.5. The number of anilines is 2. The van der Waals surface area contributed by atoms with Gasteiger partial charge in [-0.25, -0.2) is 0 Å². The molecule has 0 atom stereocenters. The molecule has 2 N–H and O–H groups in total. The van der Waals surface area contributed by atoms with Crippen molar-refractivity contribution in [2.24, 2.45) is 0 Å². The predicted octanol–water partition coefficient (Wildman–Crippen LogP) is 8.77. The molecule has 2 aromatic rings. The summed E-state index contributed by atoms with van der Waals surface area (Å²) in [4.78, 5) is 0. The molecule has 0 unspecified atom stereocenters. The maximum Gasteiger partial charge on any atom is 0.115 e. The zero-order valence-electron chi connectivity index (χ0n) is 18.5. The van der Waals surface area contributed by atoms with Gasteiger partial charge in [0.25, 0.3) is 0 Å². The molecule has 160 valence electrons. The van der Waals surface area contributed by atoms with Crippen molar-refractivity contribution in [1.29, 1.82) is 0 Å². The quantitative estimate of drug-likeness (QED) is 0.220. The molecule has 0 aliphatic heterocycles. The lowest BCUT2D eigenvalue weighted by molar-refractivity contribution is 0.475. The first-order chi connectivity index (χ1) is 14.3. The van der Waals surface area contributed by atoms with Crippen LogP contribution in [0.1, 0.15) is 96.0 Å². The van der Waals surface area contributed by atoms with E-state index >= 15 is 0 Å². The molecule has 0 aromatic heterocycles. The van der Waals surface area contributed by atoms with E-state index in [0.29, 0.717) is 5.75 Å². The Morgan fingerprint density at radius 3 is 1.45 bits per heavy atom. The Balaban J connectivity index is 1.46. The second-order valence-electron chi connectivity index (χ2n) is 8.36. The van der Waals surface area contributed by atoms with Gasteiger partial charge < -0.3 is 10.4 Å². The lowest BCUT2D eigenvalue weighted by atomic mass is 10.0. The highest BCUT2D eigenvalue weighted by atomic mass is 16.3. The maximum atomic E-state index is 9.35. The van der Waals surface area contributed by atoms with E-state index in [-0.39, 0.29) is 0 Å². The second kappa shape index (κ2) is 15.0. The molecular formula is C27H41NO. The third-order valence-corrected chi connectivity index (χ3v) is 5.68. The van der Waals surface area contributed by atoms with Crippen LogP contribution in [-0.4, -0.2) is 5.11 Å². The van der Waals surface area contributed by atoms with Gasteiger partial charge in [-0.05, 0) is 54.8 Å². The van der Waals surface area contributed by atoms with Crippen LogP contribution >= 0.6 is 0 Å². The number of aryl methyl sites for hydroxylation is 1. The lowest BCUT2D eigenvalue weighted by Crippen LogP contribution is -1.91. The van der Waals surface area contributed by atoms with E-state index in [4.69, 9.17) is 0 Å². The Bertz CT molecular complexity index is 633. The van der Waals surface area contributed by atoms with E-state index < -0.39 is 0 Å². The van der Waals surface area contributed by atoms with Crippen LogP contribution in [0.15, 0.2) is 48.5 Å². The highest BCUT2D eigenvalue weighted by Gasteiger charge is 1.98. The van der Waals surface area contributed by atoms with Crippen molar-refractivity contribution in [1.82, 2.24) is 0 Å². The van der Waals surface area contributed by atoms with Crippen molar-refractivity contribution in [3.63, 3.8) is 0 Å². The fourth-order valence-electron chi connectivity index (χ4n) is 3.81. The van der Waals surface area contributed by atoms with Gasteiger partial charge in [-0.1, -0.05) is 96.1 Å². The minimum Gasteiger partial charge on any atom is -0.508 e. The van der Waals surface area contributed by atoms with Crippen LogP contribution in [0.4, 0.5) is 11.4 Å². The highest BCUT2D eigenvalue weighted by Crippen LogP contribution is 2.20. The molecule has 29 heavy (non-hydrogen) atoms. The zero-order valence-corrected chi connectivity index (χ0v) is 18.5. The number of phenols is 1. The normalized spacial score (nSPS) is 10.9. The highest BCUT2D eigenvalue weighted by molar-refractivity contribution is 5.60. The number of phenolic OH excluding ortho intramolecular Hbond substituents is 1. The van der Waals surface area contributed by atoms with Gasteiger partial charge in [-0.15, -0.1) is 0 Å². The van der Waals surface area contributed by atoms with Crippen molar-refractivity contribution in [3.05, 3.63) is 54.1 Å². The maximum absolute atomic E-state index is 9.35. The Kier molecular flexibility index (Phi) is 12.0. The molecule has 2 rings (SSSR count). The molecule has 2 aromatic carbocycles. The summed E-state index contributed by atoms with van der Waals surface area (Å²) in [6, 6.07) is 15.9. The molecule has 0 aliphatic carbocycles. The van der Waals surface area contributed by atoms with E-state index in [0.717, 1.165) is 11.4 Å². The summed E-state index contributed by atoms with van der Waals surface area (Å²) >= 11 is 0. The summed E-state index contributed by atoms with van der Waals surface area (Å²) in [7, 11) is 0. The van der Waals surface area contributed by atoms with E-state index in [1.54, 1.807) is 12.1 Å². The number of benzene rings is 2. The fraction of sp³-hybridized carbons (Fsp3) is 0.556. The van der Waals surface area contributed by atoms with E-state index in [2.05, 4.69) is 36.5 Å². The molecule has 0 saturated heterocycles. The van der Waals surface area contributed by atoms with Crippen molar-refractivity contribution in [3.8, 4) is 5.75 Å². The lowest BCUT2D eigenvalue weighted by Gasteiger charge is -2.08. The third kappa shape index (κ3) is 11.0. The van der Waals surface area contributed by atoms with Crippen molar-refractivity contribution >= 4 is 11.4 Å². The predicted molar refractivity (Wildman–Crippen MR) is 127 cm³/mol. The molecule has 0 bridgehead atoms. The largest absolute Gasteiger partial charge is 0.508 e. The molecule has 2 heteroatoms. The molecule has 0 spiro atoms. The van der Waals surface area contributed by atoms with Crippen LogP contribution < -0.4 is 5.32 Å². The summed E-state index contributed by atoms with van der Waals surface area (Å²) < 4.78 is 0. The molecule has 0 heterocycles. The van der Waals surface area contributed by atoms with Gasteiger partial charge in [0.05, 0.1) is 0 Å². The molecule has 0 saturated carbocycles. The van der Waals surface area contributed by atoms with Gasteiger partial charge in [0.2, 0.25) is 0 Å². The summed E-state index contributed by atoms with van der Waals surface area (Å²) in [6.45, 7) is 2.29. The number of nitrogens with one attached hydrogen (secondary N) is 1. The number of hydrogen-bond donors (Lipinski definition) is 2. The van der Waals surface area contributed by atoms with Crippen molar-refractivity contribution in [2.45, 2.75) is 96.8 Å². The van der Waals surface area contributed by atoms with Gasteiger partial charge in [0.15, 0.2) is 0 Å². The average molecular weight is 396 g/mol. The third-order valence-electron chi connectivity index (χ3n) is 5.68. The summed E-state index contributed by atoms with van der Waals surface area (Å²) in [5, 5.41) is 12.7. The first-order valence-electron chi connectivity index (χ1n) is 11.9. The number of rotatable bonds is 16. The van der Waals surface area contributed by atoms with Crippen LogP contribution in [-0.2, 0) is 6.42 Å². The summed E-state index contributed by atoms with van der Waals surface area (Å²) in [5.74, 6) is 0.295. The van der Waals surface area contributed by atoms with Crippen LogP contribution in [0.25, 0.3) is 0 Å². The van der Waals surface area contributed by atoms with E-state index in [9.17, 15) is 5.11 Å². The molecule has 2 nitrogen and oxygen atoms in total. The Morgan fingerprint density at radius 1 is 0.552 bits per heavy atom. The standard InChI is InChI=1S/C27H41NO/c1-2-3-4-5-6-7-8-9-10-11-12-13-14-15-24-16-18-25(19-17-24)28-26-20-22-27(29)23-21-26/h16-23,28-29H,2-15H2,1H3. The Labute approximate surface area is 178 Å². The van der Waals surface area contributed by atoms with Crippen LogP contribution in [0.5, 0.6) is 5.75 Å². The second-order valence-corrected chi connectivity index (χ2v) is 8.36. The number of hydrogen-bond acceptors (Lipinski definition) is 2. The van der Waals surface area contributed by atoms with Crippen LogP contribution in [0.3, 0.4) is 0 Å². The topological polar surface area (TPSA) is 32.3 Å². The minimum atomic E-state index is 0.295. The summed E-state index contributed by atoms with van der Waals surface area (Å²) in [5.41, 5.74) is 3.50. The Morgan fingerprint density at radius 2 is 0.966 bits per heavy atom. The fourth-order valence-corrected chi connectivity index (χ4v) is 3.81. The van der Waals surface area contributed by atoms with E-state index in [1.165, 1.54) is 95.5 Å². The Hall–Kier alpha value is -1.96. The number of aromatic hydroxyl groups is 1. The van der Waals surface area contributed by atoms with Crippen molar-refractivity contribution < 1.29 is 5.11 Å². The van der Waals surface area contributed by atoms with Crippen LogP contribution in [0, 0.1) is 0 Å². The molecule has 0 aliphatic rings. The average Bonchev–Trinajstić information content (AvgIpc) is 2.74. The number of unbranched alkanes of at least 4 members (excludes halogenated alkanes) is 12. The minimum absolute atomic E-state index is 0.295. The monoisotopic (exact) mass is 395 g/mol. The first-order valence-corrected chi connectivity index (χ1v) is 11.9. The van der Waals surface area contributed by atoms with Gasteiger partial charge in [0, 0.05) is 11.4 Å². The van der Waals surface area contributed by atoms with Gasteiger partial charge >= 0.3 is 0 Å². The molecule has 0 fully saturated rings. The van der Waals surface area contributed by atoms with E-state index in [1.807, 2.05) is 12.1 Å². The van der Waals surface area contributed by atoms with Crippen LogP contribution in [0.2, 0.25) is 0 Å².